The van der Waals surface area contributed by atoms with Gasteiger partial charge in [-0.15, -0.1) is 0 Å². The summed E-state index contributed by atoms with van der Waals surface area (Å²) in [5.41, 5.74) is 1.31. The van der Waals surface area contributed by atoms with E-state index in [0.717, 1.165) is 18.2 Å². The Hall–Kier alpha value is -2.68. The second-order valence-electron chi connectivity index (χ2n) is 5.69. The number of hydrogen-bond donors (Lipinski definition) is 1. The van der Waals surface area contributed by atoms with Gasteiger partial charge in [0.1, 0.15) is 0 Å². The molecule has 0 aliphatic carbocycles. The predicted octanol–water partition coefficient (Wildman–Crippen LogP) is 2.88. The maximum atomic E-state index is 12.0. The molecular formula is C20H21N2O+. The number of hydrogen-bond acceptors (Lipinski definition) is 1. The van der Waals surface area contributed by atoms with Crippen molar-refractivity contribution in [2.75, 3.05) is 6.54 Å². The highest BCUT2D eigenvalue weighted by Crippen LogP contribution is 2.09. The molecule has 3 nitrogen and oxygen atoms in total. The Bertz CT molecular complexity index is 784. The van der Waals surface area contributed by atoms with Gasteiger partial charge in [-0.1, -0.05) is 48.5 Å². The van der Waals surface area contributed by atoms with Crippen molar-refractivity contribution in [1.29, 1.82) is 0 Å². The maximum Gasteiger partial charge on any atom is 0.285 e. The Balaban J connectivity index is 1.46. The van der Waals surface area contributed by atoms with Crippen LogP contribution in [-0.2, 0) is 17.8 Å². The van der Waals surface area contributed by atoms with E-state index in [1.165, 1.54) is 10.9 Å². The van der Waals surface area contributed by atoms with Crippen LogP contribution in [0.1, 0.15) is 12.0 Å². The number of fused-ring (bicyclic) bond motifs is 1. The third-order valence-corrected chi connectivity index (χ3v) is 3.88. The molecule has 0 atom stereocenters. The van der Waals surface area contributed by atoms with Crippen molar-refractivity contribution >= 4 is 16.7 Å². The highest BCUT2D eigenvalue weighted by molar-refractivity contribution is 5.80. The Kier molecular flexibility index (Phi) is 4.99. The summed E-state index contributed by atoms with van der Waals surface area (Å²) in [5.74, 6) is 0.0540. The fourth-order valence-electron chi connectivity index (χ4n) is 2.66. The van der Waals surface area contributed by atoms with Gasteiger partial charge in [0.15, 0.2) is 12.4 Å². The summed E-state index contributed by atoms with van der Waals surface area (Å²) in [4.78, 5) is 12.0. The molecule has 0 unspecified atom stereocenters. The molecule has 0 aliphatic heterocycles. The molecule has 1 N–H and O–H groups in total. The maximum absolute atomic E-state index is 12.0. The number of amides is 1. The van der Waals surface area contributed by atoms with Crippen molar-refractivity contribution < 1.29 is 9.36 Å². The molecule has 3 rings (SSSR count). The highest BCUT2D eigenvalue weighted by atomic mass is 16.1. The van der Waals surface area contributed by atoms with E-state index in [0.29, 0.717) is 13.1 Å². The van der Waals surface area contributed by atoms with Gasteiger partial charge in [0.05, 0.1) is 0 Å². The van der Waals surface area contributed by atoms with Gasteiger partial charge >= 0.3 is 0 Å². The van der Waals surface area contributed by atoms with Gasteiger partial charge in [-0.2, -0.15) is 4.57 Å². The van der Waals surface area contributed by atoms with Gasteiger partial charge in [-0.3, -0.25) is 4.79 Å². The van der Waals surface area contributed by atoms with Crippen LogP contribution in [0.3, 0.4) is 0 Å². The molecule has 0 spiro atoms. The molecule has 3 heteroatoms. The number of nitrogens with zero attached hydrogens (tertiary/aromatic N) is 1. The summed E-state index contributed by atoms with van der Waals surface area (Å²) in [6.07, 6.45) is 5.91. The molecule has 0 aliphatic rings. The number of rotatable bonds is 6. The average Bonchev–Trinajstić information content (AvgIpc) is 2.59. The van der Waals surface area contributed by atoms with E-state index in [4.69, 9.17) is 0 Å². The first-order valence-corrected chi connectivity index (χ1v) is 8.00. The second kappa shape index (κ2) is 7.54. The zero-order valence-electron chi connectivity index (χ0n) is 13.1. The first-order chi connectivity index (χ1) is 11.3. The molecule has 1 heterocycles. The Labute approximate surface area is 136 Å². The van der Waals surface area contributed by atoms with E-state index in [9.17, 15) is 4.79 Å². The Morgan fingerprint density at radius 2 is 1.65 bits per heavy atom. The van der Waals surface area contributed by atoms with Crippen molar-refractivity contribution in [3.05, 3.63) is 78.6 Å². The van der Waals surface area contributed by atoms with Crippen LogP contribution in [0.4, 0.5) is 0 Å². The lowest BCUT2D eigenvalue weighted by molar-refractivity contribution is -0.683. The molecule has 0 saturated heterocycles. The van der Waals surface area contributed by atoms with Crippen molar-refractivity contribution in [1.82, 2.24) is 5.32 Å². The summed E-state index contributed by atoms with van der Waals surface area (Å²) in [6.45, 7) is 1.07. The first-order valence-electron chi connectivity index (χ1n) is 8.00. The van der Waals surface area contributed by atoms with Crippen molar-refractivity contribution in [2.45, 2.75) is 19.4 Å². The number of benzene rings is 2. The van der Waals surface area contributed by atoms with Gasteiger partial charge in [-0.05, 0) is 29.9 Å². The number of carbonyl (C=O) groups is 1. The van der Waals surface area contributed by atoms with Crippen LogP contribution in [0.5, 0.6) is 0 Å². The van der Waals surface area contributed by atoms with E-state index >= 15 is 0 Å². The topological polar surface area (TPSA) is 33.0 Å². The van der Waals surface area contributed by atoms with Crippen molar-refractivity contribution in [2.24, 2.45) is 0 Å². The average molecular weight is 305 g/mol. The van der Waals surface area contributed by atoms with Gasteiger partial charge in [0, 0.05) is 18.0 Å². The largest absolute Gasteiger partial charge is 0.351 e. The molecular weight excluding hydrogens is 284 g/mol. The highest BCUT2D eigenvalue weighted by Gasteiger charge is 2.09. The number of aromatic nitrogens is 1. The van der Waals surface area contributed by atoms with Gasteiger partial charge in [0.25, 0.3) is 5.91 Å². The smallest absolute Gasteiger partial charge is 0.285 e. The molecule has 2 aromatic carbocycles. The van der Waals surface area contributed by atoms with E-state index < -0.39 is 0 Å². The lowest BCUT2D eigenvalue weighted by Gasteiger charge is -2.04. The van der Waals surface area contributed by atoms with Gasteiger partial charge < -0.3 is 5.32 Å². The minimum absolute atomic E-state index is 0.0540. The minimum Gasteiger partial charge on any atom is -0.351 e. The number of nitrogens with one attached hydrogen (secondary N) is 1. The number of carbonyl (C=O) groups excluding carboxylic acids is 1. The van der Waals surface area contributed by atoms with Gasteiger partial charge in [0.2, 0.25) is 6.54 Å². The SMILES string of the molecule is O=C(C[n+]1ccc2ccccc2c1)NCCCc1ccccc1. The Morgan fingerprint density at radius 3 is 2.48 bits per heavy atom. The van der Waals surface area contributed by atoms with Crippen LogP contribution in [0.25, 0.3) is 10.8 Å². The summed E-state index contributed by atoms with van der Waals surface area (Å²) in [7, 11) is 0. The van der Waals surface area contributed by atoms with E-state index in [1.807, 2.05) is 53.4 Å². The molecule has 0 radical (unpaired) electrons. The molecule has 23 heavy (non-hydrogen) atoms. The molecule has 1 amide bonds. The third-order valence-electron chi connectivity index (χ3n) is 3.88. The Morgan fingerprint density at radius 1 is 0.913 bits per heavy atom. The lowest BCUT2D eigenvalue weighted by atomic mass is 10.1. The fraction of sp³-hybridized carbons (Fsp3) is 0.200. The van der Waals surface area contributed by atoms with E-state index in [1.54, 1.807) is 0 Å². The zero-order valence-corrected chi connectivity index (χ0v) is 13.1. The monoisotopic (exact) mass is 305 g/mol. The minimum atomic E-state index is 0.0540. The second-order valence-corrected chi connectivity index (χ2v) is 5.69. The first kappa shape index (κ1) is 15.2. The van der Waals surface area contributed by atoms with E-state index in [2.05, 4.69) is 29.6 Å². The molecule has 116 valence electrons. The number of pyridine rings is 1. The molecule has 0 bridgehead atoms. The number of aryl methyl sites for hydroxylation is 1. The summed E-state index contributed by atoms with van der Waals surface area (Å²) in [6, 6.07) is 20.5. The summed E-state index contributed by atoms with van der Waals surface area (Å²) in [5, 5.41) is 5.32. The molecule has 3 aromatic rings. The van der Waals surface area contributed by atoms with Gasteiger partial charge in [-0.25, -0.2) is 0 Å². The van der Waals surface area contributed by atoms with Crippen LogP contribution in [-0.4, -0.2) is 12.5 Å². The van der Waals surface area contributed by atoms with E-state index in [-0.39, 0.29) is 5.91 Å². The van der Waals surface area contributed by atoms with Crippen LogP contribution in [0, 0.1) is 0 Å². The van der Waals surface area contributed by atoms with Crippen molar-refractivity contribution in [3.8, 4) is 0 Å². The standard InChI is InChI=1S/C20H20N2O/c23-20(21-13-6-9-17-7-2-1-3-8-17)16-22-14-12-18-10-4-5-11-19(18)15-22/h1-5,7-8,10-12,14-15H,6,9,13,16H2/p+1. The predicted molar refractivity (Wildman–Crippen MR) is 91.9 cm³/mol. The van der Waals surface area contributed by atoms with Crippen LogP contribution in [0.15, 0.2) is 73.1 Å². The third kappa shape index (κ3) is 4.39. The fourth-order valence-corrected chi connectivity index (χ4v) is 2.66. The quantitative estimate of drug-likeness (QED) is 0.551. The van der Waals surface area contributed by atoms with Crippen molar-refractivity contribution in [3.63, 3.8) is 0 Å². The van der Waals surface area contributed by atoms with Crippen LogP contribution >= 0.6 is 0 Å². The summed E-state index contributed by atoms with van der Waals surface area (Å²) >= 11 is 0. The normalized spacial score (nSPS) is 10.6. The van der Waals surface area contributed by atoms with Crippen LogP contribution < -0.4 is 9.88 Å². The molecule has 0 fully saturated rings. The molecule has 1 aromatic heterocycles. The summed E-state index contributed by atoms with van der Waals surface area (Å²) < 4.78 is 1.93. The molecule has 0 saturated carbocycles. The lowest BCUT2D eigenvalue weighted by Crippen LogP contribution is -2.42. The van der Waals surface area contributed by atoms with Crippen LogP contribution in [0.2, 0.25) is 0 Å². The zero-order chi connectivity index (χ0) is 15.9.